The molecule has 0 saturated carbocycles. The minimum atomic E-state index is -0.135. The van der Waals surface area contributed by atoms with Gasteiger partial charge in [-0.2, -0.15) is 0 Å². The molecular weight excluding hydrogens is 272 g/mol. The van der Waals surface area contributed by atoms with Crippen molar-refractivity contribution in [1.29, 1.82) is 0 Å². The van der Waals surface area contributed by atoms with Crippen LogP contribution in [-0.2, 0) is 6.42 Å². The molecule has 5 heteroatoms. The number of aromatic hydroxyl groups is 2. The van der Waals surface area contributed by atoms with Crippen molar-refractivity contribution in [3.05, 3.63) is 47.0 Å². The summed E-state index contributed by atoms with van der Waals surface area (Å²) in [5, 5.41) is 19.6. The molecule has 0 aliphatic heterocycles. The largest absolute Gasteiger partial charge is 0.508 e. The molecule has 2 aromatic rings. The Bertz CT molecular complexity index is 664. The lowest BCUT2D eigenvalue weighted by Crippen LogP contribution is -1.97. The summed E-state index contributed by atoms with van der Waals surface area (Å²) < 4.78 is 10.2. The summed E-state index contributed by atoms with van der Waals surface area (Å²) in [6.45, 7) is 0. The third kappa shape index (κ3) is 3.08. The van der Waals surface area contributed by atoms with Gasteiger partial charge >= 0.3 is 0 Å². The Kier molecular flexibility index (Phi) is 4.33. The van der Waals surface area contributed by atoms with Crippen LogP contribution in [0.3, 0.4) is 0 Å². The molecule has 0 aliphatic rings. The van der Waals surface area contributed by atoms with Gasteiger partial charge in [-0.1, -0.05) is 6.07 Å². The average molecular weight is 288 g/mol. The quantitative estimate of drug-likeness (QED) is 0.827. The summed E-state index contributed by atoms with van der Waals surface area (Å²) in [6.07, 6.45) is 0.937. The standard InChI is InChI=1S/C16H16O5/c1-20-13-4-3-10(14(18)7-13)5-11-6-12(9-17)15(19)8-16(11)21-2/h3-4,6-9,18-19H,5H2,1-2H3. The first-order chi connectivity index (χ1) is 10.1. The number of phenolic OH excluding ortho intramolecular Hbond substituents is 2. The fourth-order valence-corrected chi connectivity index (χ4v) is 2.08. The molecule has 0 aromatic heterocycles. The number of hydrogen-bond donors (Lipinski definition) is 2. The van der Waals surface area contributed by atoms with Crippen molar-refractivity contribution in [3.8, 4) is 23.0 Å². The van der Waals surface area contributed by atoms with E-state index in [1.807, 2.05) is 0 Å². The van der Waals surface area contributed by atoms with Gasteiger partial charge in [0.05, 0.1) is 19.8 Å². The number of phenols is 2. The first kappa shape index (κ1) is 14.7. The molecule has 0 fully saturated rings. The van der Waals surface area contributed by atoms with Crippen molar-refractivity contribution in [2.24, 2.45) is 0 Å². The second-order valence-electron chi connectivity index (χ2n) is 4.51. The smallest absolute Gasteiger partial charge is 0.153 e. The maximum Gasteiger partial charge on any atom is 0.153 e. The zero-order chi connectivity index (χ0) is 15.4. The van der Waals surface area contributed by atoms with Gasteiger partial charge in [0.1, 0.15) is 23.0 Å². The third-order valence-electron chi connectivity index (χ3n) is 3.23. The molecule has 0 amide bonds. The molecule has 0 spiro atoms. The summed E-state index contributed by atoms with van der Waals surface area (Å²) in [4.78, 5) is 10.9. The molecule has 5 nitrogen and oxygen atoms in total. The highest BCUT2D eigenvalue weighted by atomic mass is 16.5. The minimum absolute atomic E-state index is 0.0946. The number of carbonyl (C=O) groups excluding carboxylic acids is 1. The Morgan fingerprint density at radius 1 is 1.00 bits per heavy atom. The third-order valence-corrected chi connectivity index (χ3v) is 3.23. The summed E-state index contributed by atoms with van der Waals surface area (Å²) in [5.41, 5.74) is 1.54. The number of methoxy groups -OCH3 is 2. The van der Waals surface area contributed by atoms with Gasteiger partial charge in [-0.15, -0.1) is 0 Å². The summed E-state index contributed by atoms with van der Waals surface area (Å²) in [5.74, 6) is 0.970. The predicted molar refractivity (Wildman–Crippen MR) is 77.5 cm³/mol. The van der Waals surface area contributed by atoms with E-state index in [0.717, 1.165) is 0 Å². The van der Waals surface area contributed by atoms with Gasteiger partial charge in [0, 0.05) is 18.6 Å². The van der Waals surface area contributed by atoms with Crippen LogP contribution in [0.5, 0.6) is 23.0 Å². The Hall–Kier alpha value is -2.69. The van der Waals surface area contributed by atoms with E-state index in [2.05, 4.69) is 0 Å². The van der Waals surface area contributed by atoms with Crippen molar-refractivity contribution in [2.45, 2.75) is 6.42 Å². The maximum atomic E-state index is 10.9. The highest BCUT2D eigenvalue weighted by molar-refractivity contribution is 5.80. The predicted octanol–water partition coefficient (Wildman–Crippen LogP) is 2.52. The van der Waals surface area contributed by atoms with Gasteiger partial charge < -0.3 is 19.7 Å². The number of ether oxygens (including phenoxy) is 2. The molecule has 2 rings (SSSR count). The maximum absolute atomic E-state index is 10.9. The van der Waals surface area contributed by atoms with Gasteiger partial charge in [-0.05, 0) is 23.3 Å². The van der Waals surface area contributed by atoms with Crippen LogP contribution in [0.4, 0.5) is 0 Å². The van der Waals surface area contributed by atoms with Crippen molar-refractivity contribution in [2.75, 3.05) is 14.2 Å². The van der Waals surface area contributed by atoms with Crippen LogP contribution in [-0.4, -0.2) is 30.7 Å². The Labute approximate surface area is 122 Å². The average Bonchev–Trinajstić information content (AvgIpc) is 2.50. The molecule has 0 bridgehead atoms. The molecule has 2 aromatic carbocycles. The second kappa shape index (κ2) is 6.17. The van der Waals surface area contributed by atoms with E-state index in [0.29, 0.717) is 35.3 Å². The Morgan fingerprint density at radius 3 is 2.33 bits per heavy atom. The van der Waals surface area contributed by atoms with Crippen LogP contribution in [0.15, 0.2) is 30.3 Å². The van der Waals surface area contributed by atoms with Crippen LogP contribution in [0.25, 0.3) is 0 Å². The first-order valence-electron chi connectivity index (χ1n) is 6.30. The monoisotopic (exact) mass is 288 g/mol. The van der Waals surface area contributed by atoms with Crippen LogP contribution >= 0.6 is 0 Å². The molecular formula is C16H16O5. The zero-order valence-electron chi connectivity index (χ0n) is 11.8. The van der Waals surface area contributed by atoms with Crippen molar-refractivity contribution < 1.29 is 24.5 Å². The van der Waals surface area contributed by atoms with E-state index in [4.69, 9.17) is 9.47 Å². The lowest BCUT2D eigenvalue weighted by molar-refractivity contribution is 0.112. The van der Waals surface area contributed by atoms with E-state index >= 15 is 0 Å². The molecule has 0 atom stereocenters. The fourth-order valence-electron chi connectivity index (χ4n) is 2.08. The molecule has 0 heterocycles. The lowest BCUT2D eigenvalue weighted by Gasteiger charge is -2.12. The molecule has 2 N–H and O–H groups in total. The van der Waals surface area contributed by atoms with E-state index < -0.39 is 0 Å². The molecule has 110 valence electrons. The van der Waals surface area contributed by atoms with Crippen molar-refractivity contribution >= 4 is 6.29 Å². The molecule has 0 unspecified atom stereocenters. The van der Waals surface area contributed by atoms with E-state index in [1.54, 1.807) is 18.2 Å². The van der Waals surface area contributed by atoms with Gasteiger partial charge in [0.2, 0.25) is 0 Å². The molecule has 0 radical (unpaired) electrons. The van der Waals surface area contributed by atoms with E-state index in [9.17, 15) is 15.0 Å². The minimum Gasteiger partial charge on any atom is -0.508 e. The number of hydrogen-bond acceptors (Lipinski definition) is 5. The molecule has 0 aliphatic carbocycles. The summed E-state index contributed by atoms with van der Waals surface area (Å²) >= 11 is 0. The topological polar surface area (TPSA) is 76.0 Å². The molecule has 0 saturated heterocycles. The summed E-state index contributed by atoms with van der Waals surface area (Å²) in [7, 11) is 3.00. The van der Waals surface area contributed by atoms with Gasteiger partial charge in [0.15, 0.2) is 6.29 Å². The van der Waals surface area contributed by atoms with Crippen LogP contribution in [0.1, 0.15) is 21.5 Å². The van der Waals surface area contributed by atoms with Crippen molar-refractivity contribution in [1.82, 2.24) is 0 Å². The Morgan fingerprint density at radius 2 is 1.76 bits per heavy atom. The number of benzene rings is 2. The first-order valence-corrected chi connectivity index (χ1v) is 6.30. The van der Waals surface area contributed by atoms with E-state index in [-0.39, 0.29) is 17.1 Å². The summed E-state index contributed by atoms with van der Waals surface area (Å²) in [6, 6.07) is 7.93. The zero-order valence-corrected chi connectivity index (χ0v) is 11.8. The van der Waals surface area contributed by atoms with E-state index in [1.165, 1.54) is 26.4 Å². The van der Waals surface area contributed by atoms with Crippen LogP contribution in [0.2, 0.25) is 0 Å². The number of aldehydes is 1. The normalized spacial score (nSPS) is 10.2. The number of rotatable bonds is 5. The van der Waals surface area contributed by atoms with Gasteiger partial charge in [0.25, 0.3) is 0 Å². The van der Waals surface area contributed by atoms with Crippen LogP contribution < -0.4 is 9.47 Å². The van der Waals surface area contributed by atoms with Gasteiger partial charge in [-0.25, -0.2) is 0 Å². The van der Waals surface area contributed by atoms with Crippen LogP contribution in [0, 0.1) is 0 Å². The SMILES string of the molecule is COc1ccc(Cc2cc(C=O)c(O)cc2OC)c(O)c1. The fraction of sp³-hybridized carbons (Fsp3) is 0.188. The molecule has 21 heavy (non-hydrogen) atoms. The van der Waals surface area contributed by atoms with Gasteiger partial charge in [-0.3, -0.25) is 4.79 Å². The highest BCUT2D eigenvalue weighted by Gasteiger charge is 2.12. The Balaban J connectivity index is 2.40. The highest BCUT2D eigenvalue weighted by Crippen LogP contribution is 2.32. The second-order valence-corrected chi connectivity index (χ2v) is 4.51. The lowest BCUT2D eigenvalue weighted by atomic mass is 10.0. The van der Waals surface area contributed by atoms with Crippen molar-refractivity contribution in [3.63, 3.8) is 0 Å². The number of carbonyl (C=O) groups is 1.